The summed E-state index contributed by atoms with van der Waals surface area (Å²) in [6, 6.07) is 9.39. The molecule has 2 aromatic heterocycles. The highest BCUT2D eigenvalue weighted by Crippen LogP contribution is 2.29. The van der Waals surface area contributed by atoms with Gasteiger partial charge in [0, 0.05) is 28.9 Å². The van der Waals surface area contributed by atoms with Crippen molar-refractivity contribution < 1.29 is 0 Å². The Kier molecular flexibility index (Phi) is 6.26. The van der Waals surface area contributed by atoms with Crippen LogP contribution in [0.1, 0.15) is 19.4 Å². The zero-order valence-electron chi connectivity index (χ0n) is 15.0. The lowest BCUT2D eigenvalue weighted by Crippen LogP contribution is -2.15. The Morgan fingerprint density at radius 3 is 2.56 bits per heavy atom. The van der Waals surface area contributed by atoms with E-state index >= 15 is 0 Å². The van der Waals surface area contributed by atoms with Gasteiger partial charge in [0.15, 0.2) is 0 Å². The van der Waals surface area contributed by atoms with Crippen LogP contribution in [0.4, 0.5) is 0 Å². The minimum atomic E-state index is 0.502. The number of benzene rings is 1. The molecule has 0 bridgehead atoms. The third-order valence-electron chi connectivity index (χ3n) is 3.73. The van der Waals surface area contributed by atoms with Gasteiger partial charge in [-0.2, -0.15) is 5.10 Å². The quantitative estimate of drug-likeness (QED) is 0.390. The van der Waals surface area contributed by atoms with Crippen LogP contribution in [0.15, 0.2) is 70.4 Å². The fraction of sp³-hybridized carbons (Fsp3) is 0.150. The van der Waals surface area contributed by atoms with Crippen LogP contribution in [0.25, 0.3) is 11.3 Å². The molecular formula is C20H18Cl2N4S. The molecule has 0 fully saturated rings. The van der Waals surface area contributed by atoms with Gasteiger partial charge in [0.25, 0.3) is 0 Å². The van der Waals surface area contributed by atoms with Gasteiger partial charge >= 0.3 is 0 Å². The van der Waals surface area contributed by atoms with Crippen molar-refractivity contribution >= 4 is 40.3 Å². The summed E-state index contributed by atoms with van der Waals surface area (Å²) >= 11 is 13.8. The monoisotopic (exact) mass is 416 g/mol. The maximum absolute atomic E-state index is 6.21. The fourth-order valence-electron chi connectivity index (χ4n) is 2.36. The predicted octanol–water partition coefficient (Wildman–Crippen LogP) is 5.67. The summed E-state index contributed by atoms with van der Waals surface area (Å²) in [7, 11) is 0. The van der Waals surface area contributed by atoms with E-state index in [-0.39, 0.29) is 0 Å². The molecule has 2 heterocycles. The molecule has 0 N–H and O–H groups in total. The van der Waals surface area contributed by atoms with Crippen molar-refractivity contribution in [2.75, 3.05) is 6.54 Å². The normalized spacial score (nSPS) is 12.4. The SMILES string of the molecule is C=C(C)CN=c1scc(-c2ccc(Cl)c(Cl)c2)n1N=C(C)c1ccncc1. The molecule has 0 unspecified atom stereocenters. The molecule has 0 aliphatic rings. The minimum Gasteiger partial charge on any atom is -0.265 e. The number of aromatic nitrogens is 2. The zero-order chi connectivity index (χ0) is 19.4. The second-order valence-electron chi connectivity index (χ2n) is 6.04. The van der Waals surface area contributed by atoms with Gasteiger partial charge in [-0.1, -0.05) is 41.4 Å². The van der Waals surface area contributed by atoms with E-state index in [1.165, 1.54) is 11.3 Å². The summed E-state index contributed by atoms with van der Waals surface area (Å²) in [4.78, 5) is 9.49. The Labute approximate surface area is 172 Å². The molecule has 0 amide bonds. The number of pyridine rings is 1. The standard InChI is InChI=1S/C20H18Cl2N4S/c1-13(2)11-24-20-26(25-14(3)15-6-8-23-9-7-15)19(12-27-20)16-4-5-17(21)18(22)10-16/h4-10,12H,1,11H2,2-3H3. The second kappa shape index (κ2) is 8.65. The van der Waals surface area contributed by atoms with Crippen molar-refractivity contribution in [1.29, 1.82) is 0 Å². The van der Waals surface area contributed by atoms with Gasteiger partial charge in [-0.15, -0.1) is 11.3 Å². The largest absolute Gasteiger partial charge is 0.265 e. The Hall–Kier alpha value is -2.21. The van der Waals surface area contributed by atoms with Gasteiger partial charge in [-0.05, 0) is 38.1 Å². The Bertz CT molecular complexity index is 1070. The van der Waals surface area contributed by atoms with Crippen molar-refractivity contribution in [3.05, 3.63) is 80.7 Å². The molecule has 0 radical (unpaired) electrons. The first-order valence-corrected chi connectivity index (χ1v) is 9.86. The lowest BCUT2D eigenvalue weighted by Gasteiger charge is -2.07. The van der Waals surface area contributed by atoms with Gasteiger partial charge < -0.3 is 0 Å². The second-order valence-corrected chi connectivity index (χ2v) is 7.69. The Morgan fingerprint density at radius 2 is 1.89 bits per heavy atom. The number of nitrogens with zero attached hydrogens (tertiary/aromatic N) is 4. The van der Waals surface area contributed by atoms with Crippen molar-refractivity contribution in [3.8, 4) is 11.3 Å². The molecule has 138 valence electrons. The smallest absolute Gasteiger partial charge is 0.206 e. The molecule has 3 rings (SSSR count). The molecule has 0 saturated heterocycles. The summed E-state index contributed by atoms with van der Waals surface area (Å²) in [6.07, 6.45) is 3.50. The number of hydrogen-bond acceptors (Lipinski definition) is 4. The van der Waals surface area contributed by atoms with Gasteiger partial charge in [0.1, 0.15) is 0 Å². The molecule has 0 atom stereocenters. The van der Waals surface area contributed by atoms with E-state index in [1.54, 1.807) is 18.5 Å². The van der Waals surface area contributed by atoms with Crippen molar-refractivity contribution in [1.82, 2.24) is 9.66 Å². The van der Waals surface area contributed by atoms with Gasteiger partial charge in [0.2, 0.25) is 4.80 Å². The predicted molar refractivity (Wildman–Crippen MR) is 115 cm³/mol. The average molecular weight is 417 g/mol. The Balaban J connectivity index is 2.16. The third kappa shape index (κ3) is 4.75. The molecule has 27 heavy (non-hydrogen) atoms. The molecule has 3 aromatic rings. The zero-order valence-corrected chi connectivity index (χ0v) is 17.3. The fourth-order valence-corrected chi connectivity index (χ4v) is 3.49. The van der Waals surface area contributed by atoms with E-state index < -0.39 is 0 Å². The first-order chi connectivity index (χ1) is 13.0. The van der Waals surface area contributed by atoms with Crippen LogP contribution in [0.2, 0.25) is 10.0 Å². The van der Waals surface area contributed by atoms with Crippen LogP contribution in [-0.2, 0) is 0 Å². The number of halogens is 2. The van der Waals surface area contributed by atoms with Gasteiger partial charge in [-0.25, -0.2) is 4.68 Å². The summed E-state index contributed by atoms with van der Waals surface area (Å²) in [5, 5.41) is 7.85. The lowest BCUT2D eigenvalue weighted by atomic mass is 10.2. The van der Waals surface area contributed by atoms with Crippen LogP contribution in [0.3, 0.4) is 0 Å². The van der Waals surface area contributed by atoms with E-state index in [1.807, 2.05) is 48.2 Å². The molecule has 0 aliphatic carbocycles. The first-order valence-electron chi connectivity index (χ1n) is 8.22. The lowest BCUT2D eigenvalue weighted by molar-refractivity contribution is 0.830. The molecule has 0 saturated carbocycles. The van der Waals surface area contributed by atoms with Crippen LogP contribution < -0.4 is 4.80 Å². The summed E-state index contributed by atoms with van der Waals surface area (Å²) in [5.41, 5.74) is 4.65. The van der Waals surface area contributed by atoms with Crippen molar-refractivity contribution in [2.45, 2.75) is 13.8 Å². The first kappa shape index (κ1) is 19.5. The minimum absolute atomic E-state index is 0.502. The summed E-state index contributed by atoms with van der Waals surface area (Å²) in [6.45, 7) is 8.38. The van der Waals surface area contributed by atoms with Crippen LogP contribution in [0, 0.1) is 0 Å². The summed E-state index contributed by atoms with van der Waals surface area (Å²) in [5.74, 6) is 0. The van der Waals surface area contributed by atoms with E-state index in [9.17, 15) is 0 Å². The van der Waals surface area contributed by atoms with Gasteiger partial charge in [-0.3, -0.25) is 9.98 Å². The topological polar surface area (TPSA) is 42.5 Å². The molecular weight excluding hydrogens is 399 g/mol. The molecule has 7 heteroatoms. The maximum Gasteiger partial charge on any atom is 0.206 e. The molecule has 4 nitrogen and oxygen atoms in total. The van der Waals surface area contributed by atoms with Crippen LogP contribution in [0.5, 0.6) is 0 Å². The number of hydrogen-bond donors (Lipinski definition) is 0. The highest BCUT2D eigenvalue weighted by molar-refractivity contribution is 7.07. The molecule has 0 spiro atoms. The Morgan fingerprint density at radius 1 is 1.15 bits per heavy atom. The van der Waals surface area contributed by atoms with E-state index in [2.05, 4.69) is 16.6 Å². The number of thiazole rings is 1. The highest BCUT2D eigenvalue weighted by Gasteiger charge is 2.10. The third-order valence-corrected chi connectivity index (χ3v) is 5.33. The number of rotatable bonds is 5. The summed E-state index contributed by atoms with van der Waals surface area (Å²) < 4.78 is 1.84. The van der Waals surface area contributed by atoms with E-state index in [0.29, 0.717) is 16.6 Å². The molecule has 0 aliphatic heterocycles. The van der Waals surface area contributed by atoms with Crippen molar-refractivity contribution in [2.24, 2.45) is 10.1 Å². The van der Waals surface area contributed by atoms with E-state index in [0.717, 1.165) is 32.9 Å². The highest BCUT2D eigenvalue weighted by atomic mass is 35.5. The maximum atomic E-state index is 6.21. The average Bonchev–Trinajstić information content (AvgIpc) is 3.05. The van der Waals surface area contributed by atoms with Crippen LogP contribution in [-0.4, -0.2) is 21.9 Å². The molecule has 1 aromatic carbocycles. The van der Waals surface area contributed by atoms with Crippen LogP contribution >= 0.6 is 34.5 Å². The van der Waals surface area contributed by atoms with Crippen molar-refractivity contribution in [3.63, 3.8) is 0 Å². The van der Waals surface area contributed by atoms with Gasteiger partial charge in [0.05, 0.1) is 28.0 Å². The van der Waals surface area contributed by atoms with E-state index in [4.69, 9.17) is 28.3 Å².